The summed E-state index contributed by atoms with van der Waals surface area (Å²) in [6, 6.07) is 7.42. The van der Waals surface area contributed by atoms with Crippen LogP contribution in [0.3, 0.4) is 0 Å². The summed E-state index contributed by atoms with van der Waals surface area (Å²) >= 11 is 1.50. The predicted octanol–water partition coefficient (Wildman–Crippen LogP) is 3.97. The number of carbonyl (C=O) groups is 2. The summed E-state index contributed by atoms with van der Waals surface area (Å²) in [5, 5.41) is 3.53. The van der Waals surface area contributed by atoms with E-state index in [0.29, 0.717) is 16.1 Å². The fraction of sp³-hybridized carbons (Fsp3) is 0.333. The van der Waals surface area contributed by atoms with Crippen LogP contribution in [0.1, 0.15) is 49.6 Å². The molecule has 0 saturated heterocycles. The van der Waals surface area contributed by atoms with E-state index in [0.717, 1.165) is 36.8 Å². The van der Waals surface area contributed by atoms with E-state index in [4.69, 9.17) is 4.74 Å². The number of methoxy groups -OCH3 is 1. The molecule has 0 saturated carbocycles. The van der Waals surface area contributed by atoms with Crippen molar-refractivity contribution in [3.63, 3.8) is 0 Å². The number of amides is 1. The van der Waals surface area contributed by atoms with E-state index < -0.39 is 0 Å². The summed E-state index contributed by atoms with van der Waals surface area (Å²) in [5.41, 5.74) is 3.11. The number of hydrogen-bond acceptors (Lipinski definition) is 4. The zero-order chi connectivity index (χ0) is 16.4. The third-order valence-corrected chi connectivity index (χ3v) is 5.38. The van der Waals surface area contributed by atoms with Gasteiger partial charge in [-0.2, -0.15) is 0 Å². The van der Waals surface area contributed by atoms with Crippen molar-refractivity contribution in [1.29, 1.82) is 0 Å². The largest absolute Gasteiger partial charge is 0.465 e. The van der Waals surface area contributed by atoms with Crippen LogP contribution in [0.25, 0.3) is 0 Å². The van der Waals surface area contributed by atoms with Gasteiger partial charge in [-0.3, -0.25) is 4.79 Å². The smallest absolute Gasteiger partial charge is 0.341 e. The van der Waals surface area contributed by atoms with Gasteiger partial charge in [-0.1, -0.05) is 18.2 Å². The number of thiophene rings is 1. The summed E-state index contributed by atoms with van der Waals surface area (Å²) in [7, 11) is 1.38. The van der Waals surface area contributed by atoms with Crippen LogP contribution >= 0.6 is 11.3 Å². The Bertz CT molecular complexity index is 764. The van der Waals surface area contributed by atoms with E-state index in [2.05, 4.69) is 5.32 Å². The highest BCUT2D eigenvalue weighted by Gasteiger charge is 2.27. The predicted molar refractivity (Wildman–Crippen MR) is 91.4 cm³/mol. The average Bonchev–Trinajstić information content (AvgIpc) is 2.92. The maximum Gasteiger partial charge on any atom is 0.341 e. The Kier molecular flexibility index (Phi) is 4.48. The Morgan fingerprint density at radius 2 is 1.91 bits per heavy atom. The monoisotopic (exact) mass is 329 g/mol. The molecule has 0 fully saturated rings. The Balaban J connectivity index is 1.96. The molecule has 1 aromatic carbocycles. The highest BCUT2D eigenvalue weighted by atomic mass is 32.1. The van der Waals surface area contributed by atoms with Crippen LogP contribution in [0, 0.1) is 6.92 Å². The third-order valence-electron chi connectivity index (χ3n) is 4.18. The van der Waals surface area contributed by atoms with Gasteiger partial charge in [-0.15, -0.1) is 11.3 Å². The van der Waals surface area contributed by atoms with Gasteiger partial charge >= 0.3 is 5.97 Å². The number of fused-ring (bicyclic) bond motifs is 1. The van der Waals surface area contributed by atoms with Gasteiger partial charge in [0.1, 0.15) is 5.00 Å². The van der Waals surface area contributed by atoms with Gasteiger partial charge in [0.25, 0.3) is 5.91 Å². The first kappa shape index (κ1) is 15.7. The van der Waals surface area contributed by atoms with Crippen molar-refractivity contribution in [2.45, 2.75) is 32.6 Å². The summed E-state index contributed by atoms with van der Waals surface area (Å²) < 4.78 is 4.93. The molecule has 1 N–H and O–H groups in total. The molecule has 1 aromatic heterocycles. The number of esters is 1. The second-order valence-electron chi connectivity index (χ2n) is 5.68. The molecule has 4 nitrogen and oxygen atoms in total. The number of aryl methyl sites for hydroxylation is 2. The lowest BCUT2D eigenvalue weighted by Gasteiger charge is -2.12. The number of benzene rings is 1. The van der Waals surface area contributed by atoms with E-state index in [1.54, 1.807) is 6.07 Å². The molecule has 5 heteroatoms. The Labute approximate surface area is 139 Å². The molecule has 0 spiro atoms. The minimum atomic E-state index is -0.371. The molecule has 1 heterocycles. The lowest BCUT2D eigenvalue weighted by molar-refractivity contribution is 0.0601. The van der Waals surface area contributed by atoms with Crippen molar-refractivity contribution in [1.82, 2.24) is 0 Å². The Morgan fingerprint density at radius 1 is 1.17 bits per heavy atom. The second-order valence-corrected chi connectivity index (χ2v) is 6.78. The molecule has 0 unspecified atom stereocenters. The van der Waals surface area contributed by atoms with Gasteiger partial charge in [-0.05, 0) is 49.8 Å². The zero-order valence-corrected chi connectivity index (χ0v) is 14.1. The fourth-order valence-corrected chi connectivity index (χ4v) is 4.24. The third kappa shape index (κ3) is 3.01. The number of nitrogens with one attached hydrogen (secondary N) is 1. The van der Waals surface area contributed by atoms with E-state index in [1.807, 2.05) is 25.1 Å². The van der Waals surface area contributed by atoms with Crippen molar-refractivity contribution >= 4 is 28.2 Å². The molecule has 1 aliphatic carbocycles. The van der Waals surface area contributed by atoms with Gasteiger partial charge in [0.05, 0.1) is 12.7 Å². The minimum absolute atomic E-state index is 0.188. The average molecular weight is 329 g/mol. The Hall–Kier alpha value is -2.14. The minimum Gasteiger partial charge on any atom is -0.465 e. The normalized spacial score (nSPS) is 13.3. The van der Waals surface area contributed by atoms with Crippen molar-refractivity contribution in [3.05, 3.63) is 51.4 Å². The molecule has 0 bridgehead atoms. The van der Waals surface area contributed by atoms with Gasteiger partial charge < -0.3 is 10.1 Å². The number of ether oxygens (including phenoxy) is 1. The molecular weight excluding hydrogens is 310 g/mol. The van der Waals surface area contributed by atoms with E-state index in [-0.39, 0.29) is 11.9 Å². The molecule has 0 atom stereocenters. The van der Waals surface area contributed by atoms with Crippen LogP contribution in [-0.4, -0.2) is 19.0 Å². The van der Waals surface area contributed by atoms with Gasteiger partial charge in [0, 0.05) is 10.4 Å². The van der Waals surface area contributed by atoms with Gasteiger partial charge in [0.2, 0.25) is 0 Å². The lowest BCUT2D eigenvalue weighted by Crippen LogP contribution is -2.15. The van der Waals surface area contributed by atoms with Crippen LogP contribution in [0.4, 0.5) is 5.00 Å². The summed E-state index contributed by atoms with van der Waals surface area (Å²) in [5.74, 6) is -0.559. The van der Waals surface area contributed by atoms with Crippen molar-refractivity contribution in [2.24, 2.45) is 0 Å². The summed E-state index contributed by atoms with van der Waals surface area (Å²) in [4.78, 5) is 25.9. The first-order valence-corrected chi connectivity index (χ1v) is 8.53. The molecule has 0 aliphatic heterocycles. The first-order chi connectivity index (χ1) is 11.1. The SMILES string of the molecule is COC(=O)c1c(NC(=O)c2ccccc2C)sc2c1CCCC2. The van der Waals surface area contributed by atoms with Gasteiger partial charge in [-0.25, -0.2) is 4.79 Å². The van der Waals surface area contributed by atoms with Gasteiger partial charge in [0.15, 0.2) is 0 Å². The van der Waals surface area contributed by atoms with E-state index in [9.17, 15) is 9.59 Å². The molecular formula is C18H19NO3S. The van der Waals surface area contributed by atoms with Crippen LogP contribution < -0.4 is 5.32 Å². The highest BCUT2D eigenvalue weighted by molar-refractivity contribution is 7.17. The first-order valence-electron chi connectivity index (χ1n) is 7.71. The quantitative estimate of drug-likeness (QED) is 0.867. The Morgan fingerprint density at radius 3 is 2.65 bits per heavy atom. The topological polar surface area (TPSA) is 55.4 Å². The number of carbonyl (C=O) groups excluding carboxylic acids is 2. The molecule has 120 valence electrons. The fourth-order valence-electron chi connectivity index (χ4n) is 2.97. The maximum atomic E-state index is 12.6. The molecule has 3 rings (SSSR count). The van der Waals surface area contributed by atoms with E-state index in [1.165, 1.54) is 23.3 Å². The van der Waals surface area contributed by atoms with Crippen molar-refractivity contribution < 1.29 is 14.3 Å². The molecule has 23 heavy (non-hydrogen) atoms. The maximum absolute atomic E-state index is 12.6. The molecule has 1 amide bonds. The van der Waals surface area contributed by atoms with Crippen LogP contribution in [0.15, 0.2) is 24.3 Å². The number of rotatable bonds is 3. The standard InChI is InChI=1S/C18H19NO3S/c1-11-7-3-4-8-12(11)16(20)19-17-15(18(21)22-2)13-9-5-6-10-14(13)23-17/h3-4,7-8H,5-6,9-10H2,1-2H3,(H,19,20). The number of anilines is 1. The van der Waals surface area contributed by atoms with Crippen LogP contribution in [0.5, 0.6) is 0 Å². The zero-order valence-electron chi connectivity index (χ0n) is 13.3. The van der Waals surface area contributed by atoms with Crippen molar-refractivity contribution in [3.8, 4) is 0 Å². The van der Waals surface area contributed by atoms with Crippen LogP contribution in [0.2, 0.25) is 0 Å². The molecule has 2 aromatic rings. The summed E-state index contributed by atoms with van der Waals surface area (Å²) in [6.07, 6.45) is 4.03. The molecule has 0 radical (unpaired) electrons. The van der Waals surface area contributed by atoms with E-state index >= 15 is 0 Å². The van der Waals surface area contributed by atoms with Crippen LogP contribution in [-0.2, 0) is 17.6 Å². The lowest BCUT2D eigenvalue weighted by atomic mass is 9.95. The number of hydrogen-bond donors (Lipinski definition) is 1. The molecule has 1 aliphatic rings. The summed E-state index contributed by atoms with van der Waals surface area (Å²) in [6.45, 7) is 1.90. The highest BCUT2D eigenvalue weighted by Crippen LogP contribution is 2.38. The second kappa shape index (κ2) is 6.54. The van der Waals surface area contributed by atoms with Crippen molar-refractivity contribution in [2.75, 3.05) is 12.4 Å².